The fourth-order valence-electron chi connectivity index (χ4n) is 2.23. The molecule has 1 atom stereocenters. The van der Waals surface area contributed by atoms with E-state index in [4.69, 9.17) is 15.6 Å². The maximum absolute atomic E-state index is 10.8. The van der Waals surface area contributed by atoms with Gasteiger partial charge in [0.05, 0.1) is 0 Å². The maximum Gasteiger partial charge on any atom is 0.320 e. The van der Waals surface area contributed by atoms with Crippen molar-refractivity contribution < 1.29 is 14.6 Å². The smallest absolute Gasteiger partial charge is 0.320 e. The van der Waals surface area contributed by atoms with Crippen LogP contribution in [0.25, 0.3) is 0 Å². The van der Waals surface area contributed by atoms with E-state index in [1.807, 2.05) is 13.0 Å². The molecule has 1 aliphatic rings. The summed E-state index contributed by atoms with van der Waals surface area (Å²) in [5.41, 5.74) is 7.35. The standard InChI is InChI=1S/C13H19N3O3/c1-8-6-11(9-2-4-19-5-3-9)16-12(15-8)7-10(14)13(17)18/h6,9-10H,2-5,7,14H2,1H3,(H,17,18). The predicted molar refractivity (Wildman–Crippen MR) is 68.9 cm³/mol. The number of nitrogens with two attached hydrogens (primary N) is 1. The molecule has 19 heavy (non-hydrogen) atoms. The first kappa shape index (κ1) is 13.9. The zero-order valence-corrected chi connectivity index (χ0v) is 11.0. The van der Waals surface area contributed by atoms with E-state index in [1.165, 1.54) is 0 Å². The Morgan fingerprint density at radius 2 is 2.21 bits per heavy atom. The van der Waals surface area contributed by atoms with Gasteiger partial charge in [-0.15, -0.1) is 0 Å². The Bertz CT molecular complexity index is 458. The number of aliphatic carboxylic acids is 1. The van der Waals surface area contributed by atoms with Gasteiger partial charge in [-0.25, -0.2) is 9.97 Å². The second-order valence-corrected chi connectivity index (χ2v) is 4.89. The molecule has 0 saturated carbocycles. The number of carbonyl (C=O) groups is 1. The summed E-state index contributed by atoms with van der Waals surface area (Å²) in [5.74, 6) is -0.149. The Kier molecular flexibility index (Phi) is 4.44. The molecular weight excluding hydrogens is 246 g/mol. The number of aryl methyl sites for hydroxylation is 1. The lowest BCUT2D eigenvalue weighted by atomic mass is 9.96. The van der Waals surface area contributed by atoms with E-state index in [0.717, 1.165) is 37.4 Å². The molecule has 0 aliphatic carbocycles. The van der Waals surface area contributed by atoms with Gasteiger partial charge in [-0.3, -0.25) is 4.79 Å². The van der Waals surface area contributed by atoms with Crippen LogP contribution in [-0.2, 0) is 16.0 Å². The highest BCUT2D eigenvalue weighted by atomic mass is 16.5. The molecule has 1 aromatic rings. The highest BCUT2D eigenvalue weighted by Gasteiger charge is 2.20. The summed E-state index contributed by atoms with van der Waals surface area (Å²) < 4.78 is 5.34. The van der Waals surface area contributed by atoms with Gasteiger partial charge >= 0.3 is 5.97 Å². The van der Waals surface area contributed by atoms with Crippen molar-refractivity contribution in [1.29, 1.82) is 0 Å². The van der Waals surface area contributed by atoms with Crippen LogP contribution in [0.15, 0.2) is 6.07 Å². The Labute approximate surface area is 112 Å². The number of hydrogen-bond acceptors (Lipinski definition) is 5. The Morgan fingerprint density at radius 3 is 2.84 bits per heavy atom. The van der Waals surface area contributed by atoms with Crippen LogP contribution in [0.4, 0.5) is 0 Å². The summed E-state index contributed by atoms with van der Waals surface area (Å²) in [4.78, 5) is 19.5. The van der Waals surface area contributed by atoms with Crippen LogP contribution in [-0.4, -0.2) is 40.3 Å². The van der Waals surface area contributed by atoms with E-state index in [9.17, 15) is 4.79 Å². The van der Waals surface area contributed by atoms with Gasteiger partial charge in [0.15, 0.2) is 0 Å². The summed E-state index contributed by atoms with van der Waals surface area (Å²) >= 11 is 0. The van der Waals surface area contributed by atoms with Crippen LogP contribution in [0.5, 0.6) is 0 Å². The van der Waals surface area contributed by atoms with Crippen LogP contribution in [0.2, 0.25) is 0 Å². The number of nitrogens with zero attached hydrogens (tertiary/aromatic N) is 2. The van der Waals surface area contributed by atoms with Crippen molar-refractivity contribution in [2.24, 2.45) is 5.73 Å². The first-order valence-electron chi connectivity index (χ1n) is 6.47. The lowest BCUT2D eigenvalue weighted by Crippen LogP contribution is -2.33. The molecule has 6 heteroatoms. The topological polar surface area (TPSA) is 98.3 Å². The lowest BCUT2D eigenvalue weighted by Gasteiger charge is -2.22. The molecule has 1 aromatic heterocycles. The van der Waals surface area contributed by atoms with E-state index in [2.05, 4.69) is 9.97 Å². The highest BCUT2D eigenvalue weighted by molar-refractivity contribution is 5.73. The fourth-order valence-corrected chi connectivity index (χ4v) is 2.23. The number of aromatic nitrogens is 2. The molecule has 0 radical (unpaired) electrons. The van der Waals surface area contributed by atoms with Crippen molar-refractivity contribution in [3.63, 3.8) is 0 Å². The molecule has 1 aliphatic heterocycles. The van der Waals surface area contributed by atoms with Gasteiger partial charge < -0.3 is 15.6 Å². The van der Waals surface area contributed by atoms with Crippen molar-refractivity contribution in [2.45, 2.75) is 38.1 Å². The number of rotatable bonds is 4. The maximum atomic E-state index is 10.8. The Morgan fingerprint density at radius 1 is 1.53 bits per heavy atom. The summed E-state index contributed by atoms with van der Waals surface area (Å²) in [6.07, 6.45) is 2.05. The van der Waals surface area contributed by atoms with Crippen LogP contribution in [0.1, 0.15) is 36.0 Å². The molecule has 1 fully saturated rings. The van der Waals surface area contributed by atoms with Crippen molar-refractivity contribution in [2.75, 3.05) is 13.2 Å². The second kappa shape index (κ2) is 6.08. The Balaban J connectivity index is 2.16. The van der Waals surface area contributed by atoms with Gasteiger partial charge in [0, 0.05) is 36.9 Å². The number of carboxylic acid groups (broad SMARTS) is 1. The van der Waals surface area contributed by atoms with E-state index in [-0.39, 0.29) is 6.42 Å². The van der Waals surface area contributed by atoms with Gasteiger partial charge in [0.2, 0.25) is 0 Å². The van der Waals surface area contributed by atoms with E-state index < -0.39 is 12.0 Å². The predicted octanol–water partition coefficient (Wildman–Crippen LogP) is 0.633. The quantitative estimate of drug-likeness (QED) is 0.828. The molecule has 0 amide bonds. The number of hydrogen-bond donors (Lipinski definition) is 2. The molecule has 6 nitrogen and oxygen atoms in total. The first-order chi connectivity index (χ1) is 9.06. The number of ether oxygens (including phenoxy) is 1. The van der Waals surface area contributed by atoms with E-state index in [0.29, 0.717) is 11.7 Å². The molecular formula is C13H19N3O3. The molecule has 104 valence electrons. The summed E-state index contributed by atoms with van der Waals surface area (Å²) in [5, 5.41) is 8.83. The molecule has 1 saturated heterocycles. The van der Waals surface area contributed by atoms with Gasteiger partial charge in [0.1, 0.15) is 11.9 Å². The Hall–Kier alpha value is -1.53. The minimum atomic E-state index is -1.03. The summed E-state index contributed by atoms with van der Waals surface area (Å²) in [6, 6.07) is 1.01. The minimum absolute atomic E-state index is 0.160. The fraction of sp³-hybridized carbons (Fsp3) is 0.615. The van der Waals surface area contributed by atoms with Crippen molar-refractivity contribution >= 4 is 5.97 Å². The summed E-state index contributed by atoms with van der Waals surface area (Å²) in [6.45, 7) is 3.38. The van der Waals surface area contributed by atoms with Crippen molar-refractivity contribution in [1.82, 2.24) is 9.97 Å². The molecule has 3 N–H and O–H groups in total. The SMILES string of the molecule is Cc1cc(C2CCOCC2)nc(CC(N)C(=O)O)n1. The highest BCUT2D eigenvalue weighted by Crippen LogP contribution is 2.25. The van der Waals surface area contributed by atoms with Gasteiger partial charge in [-0.1, -0.05) is 0 Å². The van der Waals surface area contributed by atoms with Gasteiger partial charge in [-0.05, 0) is 25.8 Å². The molecule has 2 rings (SSSR count). The largest absolute Gasteiger partial charge is 0.480 e. The normalized spacial score (nSPS) is 18.2. The lowest BCUT2D eigenvalue weighted by molar-refractivity contribution is -0.138. The third kappa shape index (κ3) is 3.71. The molecule has 0 spiro atoms. The molecule has 0 bridgehead atoms. The molecule has 0 aromatic carbocycles. The minimum Gasteiger partial charge on any atom is -0.480 e. The third-order valence-corrected chi connectivity index (χ3v) is 3.28. The van der Waals surface area contributed by atoms with Gasteiger partial charge in [0.25, 0.3) is 0 Å². The number of carboxylic acids is 1. The first-order valence-corrected chi connectivity index (χ1v) is 6.47. The molecule has 1 unspecified atom stereocenters. The monoisotopic (exact) mass is 265 g/mol. The van der Waals surface area contributed by atoms with Crippen LogP contribution in [0.3, 0.4) is 0 Å². The van der Waals surface area contributed by atoms with E-state index in [1.54, 1.807) is 0 Å². The second-order valence-electron chi connectivity index (χ2n) is 4.89. The average molecular weight is 265 g/mol. The van der Waals surface area contributed by atoms with Crippen molar-refractivity contribution in [3.8, 4) is 0 Å². The zero-order valence-electron chi connectivity index (χ0n) is 11.0. The van der Waals surface area contributed by atoms with Crippen molar-refractivity contribution in [3.05, 3.63) is 23.3 Å². The zero-order chi connectivity index (χ0) is 13.8. The average Bonchev–Trinajstić information content (AvgIpc) is 2.39. The molecule has 2 heterocycles. The van der Waals surface area contributed by atoms with Crippen LogP contribution >= 0.6 is 0 Å². The summed E-state index contributed by atoms with van der Waals surface area (Å²) in [7, 11) is 0. The third-order valence-electron chi connectivity index (χ3n) is 3.28. The van der Waals surface area contributed by atoms with Crippen LogP contribution < -0.4 is 5.73 Å². The van der Waals surface area contributed by atoms with E-state index >= 15 is 0 Å². The van der Waals surface area contributed by atoms with Crippen LogP contribution in [0, 0.1) is 6.92 Å². The van der Waals surface area contributed by atoms with Gasteiger partial charge in [-0.2, -0.15) is 0 Å².